The smallest absolute Gasteiger partial charge is 0.0893 e. The van der Waals surface area contributed by atoms with E-state index in [2.05, 4.69) is 11.7 Å². The van der Waals surface area contributed by atoms with Gasteiger partial charge in [0.05, 0.1) is 5.71 Å². The van der Waals surface area contributed by atoms with Gasteiger partial charge in [-0.25, -0.2) is 0 Å². The van der Waals surface area contributed by atoms with Gasteiger partial charge < -0.3 is 5.84 Å². The lowest BCUT2D eigenvalue weighted by atomic mass is 10.1. The molecule has 1 rings (SSSR count). The van der Waals surface area contributed by atoms with Crippen molar-refractivity contribution in [2.24, 2.45) is 10.9 Å². The average Bonchev–Trinajstić information content (AvgIpc) is 2.09. The maximum atomic E-state index is 5.04. The van der Waals surface area contributed by atoms with E-state index in [1.165, 1.54) is 0 Å². The minimum atomic E-state index is 0.748. The second-order valence-electron chi connectivity index (χ2n) is 1.76. The summed E-state index contributed by atoms with van der Waals surface area (Å²) in [5, 5.41) is 3.51. The highest BCUT2D eigenvalue weighted by molar-refractivity contribution is 6.10. The Kier molecular flexibility index (Phi) is 4.82. The average molecular weight is 150 g/mol. The standard InChI is InChI=1S/C7H8N2.C2H6/c1-6-4-2-3-5-7(6)9-8;1-2/h2-5H,1,8H2;1-2H3/b9-7-;. The summed E-state index contributed by atoms with van der Waals surface area (Å²) in [5.41, 5.74) is 1.61. The van der Waals surface area contributed by atoms with Gasteiger partial charge in [0.1, 0.15) is 0 Å². The maximum Gasteiger partial charge on any atom is 0.0893 e. The molecule has 0 aromatic carbocycles. The van der Waals surface area contributed by atoms with Crippen LogP contribution in [0, 0.1) is 0 Å². The molecule has 0 saturated heterocycles. The van der Waals surface area contributed by atoms with Gasteiger partial charge in [-0.1, -0.05) is 38.7 Å². The van der Waals surface area contributed by atoms with Crippen LogP contribution in [-0.4, -0.2) is 5.71 Å². The molecule has 0 unspecified atom stereocenters. The van der Waals surface area contributed by atoms with Gasteiger partial charge in [0, 0.05) is 0 Å². The van der Waals surface area contributed by atoms with Crippen molar-refractivity contribution in [3.8, 4) is 0 Å². The van der Waals surface area contributed by atoms with Crippen molar-refractivity contribution in [3.05, 3.63) is 36.5 Å². The zero-order valence-electron chi connectivity index (χ0n) is 7.04. The van der Waals surface area contributed by atoms with E-state index >= 15 is 0 Å². The molecule has 2 nitrogen and oxygen atoms in total. The van der Waals surface area contributed by atoms with Crippen molar-refractivity contribution in [2.45, 2.75) is 13.8 Å². The van der Waals surface area contributed by atoms with Crippen LogP contribution in [0.4, 0.5) is 0 Å². The minimum Gasteiger partial charge on any atom is -0.323 e. The number of rotatable bonds is 0. The van der Waals surface area contributed by atoms with Crippen LogP contribution in [0.3, 0.4) is 0 Å². The summed E-state index contributed by atoms with van der Waals surface area (Å²) in [6.07, 6.45) is 7.46. The number of allylic oxidation sites excluding steroid dienone is 5. The first-order valence-electron chi connectivity index (χ1n) is 3.66. The summed E-state index contributed by atoms with van der Waals surface area (Å²) in [7, 11) is 0. The van der Waals surface area contributed by atoms with E-state index in [0.717, 1.165) is 11.3 Å². The normalized spacial score (nSPS) is 18.0. The van der Waals surface area contributed by atoms with E-state index in [1.54, 1.807) is 0 Å². The van der Waals surface area contributed by atoms with Crippen LogP contribution in [0.25, 0.3) is 0 Å². The lowest BCUT2D eigenvalue weighted by molar-refractivity contribution is 1.25. The number of hydrogen-bond acceptors (Lipinski definition) is 2. The summed E-state index contributed by atoms with van der Waals surface area (Å²) in [6, 6.07) is 0. The molecule has 11 heavy (non-hydrogen) atoms. The van der Waals surface area contributed by atoms with Gasteiger partial charge in [0.2, 0.25) is 0 Å². The molecule has 1 aliphatic carbocycles. The van der Waals surface area contributed by atoms with Crippen LogP contribution in [0.1, 0.15) is 13.8 Å². The van der Waals surface area contributed by atoms with Crippen LogP contribution in [0.15, 0.2) is 41.6 Å². The molecule has 0 spiro atoms. The third-order valence-corrected chi connectivity index (χ3v) is 1.13. The van der Waals surface area contributed by atoms with Gasteiger partial charge in [-0.05, 0) is 11.6 Å². The first-order valence-corrected chi connectivity index (χ1v) is 3.66. The van der Waals surface area contributed by atoms with Crippen molar-refractivity contribution >= 4 is 5.71 Å². The van der Waals surface area contributed by atoms with Crippen LogP contribution in [-0.2, 0) is 0 Å². The van der Waals surface area contributed by atoms with Crippen molar-refractivity contribution in [2.75, 3.05) is 0 Å². The van der Waals surface area contributed by atoms with Gasteiger partial charge >= 0.3 is 0 Å². The van der Waals surface area contributed by atoms with Crippen LogP contribution >= 0.6 is 0 Å². The molecule has 0 radical (unpaired) electrons. The Labute approximate surface area is 67.8 Å². The molecule has 2 N–H and O–H groups in total. The Morgan fingerprint density at radius 2 is 1.82 bits per heavy atom. The predicted octanol–water partition coefficient (Wildman–Crippen LogP) is 2.01. The Morgan fingerprint density at radius 3 is 2.18 bits per heavy atom. The van der Waals surface area contributed by atoms with E-state index in [0.29, 0.717) is 0 Å². The van der Waals surface area contributed by atoms with Crippen molar-refractivity contribution < 1.29 is 0 Å². The van der Waals surface area contributed by atoms with E-state index in [9.17, 15) is 0 Å². The first kappa shape index (κ1) is 9.69. The SMILES string of the molecule is C=C1C=CC=C/C1=N/N.CC. The van der Waals surface area contributed by atoms with E-state index in [1.807, 2.05) is 38.2 Å². The van der Waals surface area contributed by atoms with Crippen molar-refractivity contribution in [1.82, 2.24) is 0 Å². The minimum absolute atomic E-state index is 0.748. The molecular formula is C9H14N2. The van der Waals surface area contributed by atoms with Gasteiger partial charge in [-0.2, -0.15) is 5.10 Å². The third kappa shape index (κ3) is 2.85. The van der Waals surface area contributed by atoms with E-state index in [-0.39, 0.29) is 0 Å². The number of nitrogens with zero attached hydrogens (tertiary/aromatic N) is 1. The highest BCUT2D eigenvalue weighted by atomic mass is 15.1. The fourth-order valence-corrected chi connectivity index (χ4v) is 0.637. The number of hydrazone groups is 1. The van der Waals surface area contributed by atoms with Gasteiger partial charge in [-0.15, -0.1) is 0 Å². The van der Waals surface area contributed by atoms with Crippen LogP contribution in [0.5, 0.6) is 0 Å². The Morgan fingerprint density at radius 1 is 1.27 bits per heavy atom. The fourth-order valence-electron chi connectivity index (χ4n) is 0.637. The van der Waals surface area contributed by atoms with Gasteiger partial charge in [-0.3, -0.25) is 0 Å². The van der Waals surface area contributed by atoms with Gasteiger partial charge in [0.25, 0.3) is 0 Å². The molecule has 0 aliphatic heterocycles. The molecule has 1 aliphatic rings. The Balaban J connectivity index is 0.000000461. The molecule has 0 aromatic heterocycles. The molecule has 0 bridgehead atoms. The lowest BCUT2D eigenvalue weighted by Gasteiger charge is -2.00. The zero-order valence-corrected chi connectivity index (χ0v) is 7.04. The molecule has 0 amide bonds. The third-order valence-electron chi connectivity index (χ3n) is 1.13. The summed E-state index contributed by atoms with van der Waals surface area (Å²) < 4.78 is 0. The summed E-state index contributed by atoms with van der Waals surface area (Å²) in [6.45, 7) is 7.72. The fraction of sp³-hybridized carbons (Fsp3) is 0.222. The molecule has 0 saturated carbocycles. The zero-order chi connectivity index (χ0) is 8.69. The number of hydrogen-bond donors (Lipinski definition) is 1. The molecular weight excluding hydrogens is 136 g/mol. The molecule has 0 heterocycles. The Bertz CT molecular complexity index is 210. The van der Waals surface area contributed by atoms with E-state index < -0.39 is 0 Å². The highest BCUT2D eigenvalue weighted by Gasteiger charge is 1.97. The monoisotopic (exact) mass is 150 g/mol. The van der Waals surface area contributed by atoms with Crippen LogP contribution in [0.2, 0.25) is 0 Å². The van der Waals surface area contributed by atoms with E-state index in [4.69, 9.17) is 5.84 Å². The molecule has 60 valence electrons. The summed E-state index contributed by atoms with van der Waals surface area (Å²) >= 11 is 0. The largest absolute Gasteiger partial charge is 0.323 e. The van der Waals surface area contributed by atoms with Crippen molar-refractivity contribution in [3.63, 3.8) is 0 Å². The molecule has 0 aromatic rings. The molecule has 2 heteroatoms. The quantitative estimate of drug-likeness (QED) is 0.416. The first-order chi connectivity index (χ1) is 5.34. The molecule has 0 fully saturated rings. The van der Waals surface area contributed by atoms with Crippen LogP contribution < -0.4 is 5.84 Å². The number of nitrogens with two attached hydrogens (primary N) is 1. The maximum absolute atomic E-state index is 5.04. The van der Waals surface area contributed by atoms with Crippen molar-refractivity contribution in [1.29, 1.82) is 0 Å². The second kappa shape index (κ2) is 5.47. The summed E-state index contributed by atoms with van der Waals surface area (Å²) in [4.78, 5) is 0. The van der Waals surface area contributed by atoms with Gasteiger partial charge in [0.15, 0.2) is 0 Å². The predicted molar refractivity (Wildman–Crippen MR) is 50.4 cm³/mol. The highest BCUT2D eigenvalue weighted by Crippen LogP contribution is 2.03. The molecule has 0 atom stereocenters. The lowest BCUT2D eigenvalue weighted by Crippen LogP contribution is -2.01. The Hall–Kier alpha value is -1.31. The second-order valence-corrected chi connectivity index (χ2v) is 1.76. The topological polar surface area (TPSA) is 38.4 Å². The summed E-state index contributed by atoms with van der Waals surface area (Å²) in [5.74, 6) is 5.04.